The van der Waals surface area contributed by atoms with E-state index in [1.807, 2.05) is 11.3 Å². The molecule has 6 nitrogen and oxygen atoms in total. The Morgan fingerprint density at radius 1 is 1.26 bits per heavy atom. The standard InChI is InChI=1S/C19H33N5OS.HI/c1-4-20-18(21-16-19(22(2)3)7-13-25-14-8-19)24-11-9-23(10-12-24)17-6-5-15-26-17;/h5-6,15H,4,7-14,16H2,1-3H3,(H,20,21);1H. The van der Waals surface area contributed by atoms with E-state index in [1.54, 1.807) is 0 Å². The Bertz CT molecular complexity index is 567. The van der Waals surface area contributed by atoms with Gasteiger partial charge in [-0.1, -0.05) is 0 Å². The van der Waals surface area contributed by atoms with E-state index in [1.165, 1.54) is 5.00 Å². The lowest BCUT2D eigenvalue weighted by atomic mass is 9.89. The van der Waals surface area contributed by atoms with Crippen LogP contribution < -0.4 is 10.2 Å². The van der Waals surface area contributed by atoms with E-state index >= 15 is 0 Å². The van der Waals surface area contributed by atoms with Crippen LogP contribution in [0.3, 0.4) is 0 Å². The molecule has 0 unspecified atom stereocenters. The third-order valence-electron chi connectivity index (χ3n) is 5.63. The van der Waals surface area contributed by atoms with Crippen molar-refractivity contribution in [3.8, 4) is 0 Å². The molecule has 2 aliphatic rings. The molecule has 1 aromatic rings. The number of halogens is 1. The fourth-order valence-electron chi connectivity index (χ4n) is 3.73. The van der Waals surface area contributed by atoms with Gasteiger partial charge in [-0.3, -0.25) is 4.99 Å². The van der Waals surface area contributed by atoms with Gasteiger partial charge >= 0.3 is 0 Å². The maximum atomic E-state index is 5.59. The maximum absolute atomic E-state index is 5.59. The summed E-state index contributed by atoms with van der Waals surface area (Å²) in [5.41, 5.74) is 0.123. The van der Waals surface area contributed by atoms with Crippen LogP contribution in [0.15, 0.2) is 22.5 Å². The highest BCUT2D eigenvalue weighted by atomic mass is 127. The number of nitrogens with zero attached hydrogens (tertiary/aromatic N) is 4. The Labute approximate surface area is 185 Å². The van der Waals surface area contributed by atoms with E-state index in [0.29, 0.717) is 0 Å². The highest BCUT2D eigenvalue weighted by molar-refractivity contribution is 14.0. The van der Waals surface area contributed by atoms with Gasteiger partial charge in [0.1, 0.15) is 0 Å². The quantitative estimate of drug-likeness (QED) is 0.377. The molecule has 0 aliphatic carbocycles. The average Bonchev–Trinajstić information content (AvgIpc) is 3.21. The predicted molar refractivity (Wildman–Crippen MR) is 126 cm³/mol. The largest absolute Gasteiger partial charge is 0.381 e. The second-order valence-corrected chi connectivity index (χ2v) is 8.25. The van der Waals surface area contributed by atoms with Crippen molar-refractivity contribution in [1.29, 1.82) is 0 Å². The zero-order chi connectivity index (χ0) is 18.4. The summed E-state index contributed by atoms with van der Waals surface area (Å²) in [6.07, 6.45) is 2.10. The molecule has 0 radical (unpaired) electrons. The van der Waals surface area contributed by atoms with Gasteiger partial charge in [0, 0.05) is 51.5 Å². The average molecular weight is 507 g/mol. The van der Waals surface area contributed by atoms with Crippen molar-refractivity contribution in [2.24, 2.45) is 4.99 Å². The molecule has 27 heavy (non-hydrogen) atoms. The first-order valence-electron chi connectivity index (χ1n) is 9.71. The molecule has 0 bridgehead atoms. The fourth-order valence-corrected chi connectivity index (χ4v) is 4.52. The molecule has 2 fully saturated rings. The van der Waals surface area contributed by atoms with Crippen molar-refractivity contribution >= 4 is 46.3 Å². The van der Waals surface area contributed by atoms with Gasteiger partial charge in [0.25, 0.3) is 0 Å². The van der Waals surface area contributed by atoms with Crippen LogP contribution in [0.2, 0.25) is 0 Å². The van der Waals surface area contributed by atoms with Crippen LogP contribution in [0.25, 0.3) is 0 Å². The van der Waals surface area contributed by atoms with Crippen molar-refractivity contribution in [1.82, 2.24) is 15.1 Å². The zero-order valence-electron chi connectivity index (χ0n) is 16.8. The van der Waals surface area contributed by atoms with Crippen molar-refractivity contribution in [3.05, 3.63) is 17.5 Å². The molecule has 2 saturated heterocycles. The molecule has 1 N–H and O–H groups in total. The molecule has 0 spiro atoms. The minimum atomic E-state index is 0. The summed E-state index contributed by atoms with van der Waals surface area (Å²) >= 11 is 1.83. The van der Waals surface area contributed by atoms with Crippen molar-refractivity contribution in [2.75, 3.05) is 71.5 Å². The third-order valence-corrected chi connectivity index (χ3v) is 6.56. The normalized spacial score (nSPS) is 20.5. The van der Waals surface area contributed by atoms with Crippen LogP contribution in [0.4, 0.5) is 5.00 Å². The molecule has 3 heterocycles. The summed E-state index contributed by atoms with van der Waals surface area (Å²) in [4.78, 5) is 12.3. The molecule has 3 rings (SSSR count). The molecule has 0 aromatic carbocycles. The minimum Gasteiger partial charge on any atom is -0.381 e. The number of nitrogens with one attached hydrogen (secondary N) is 1. The summed E-state index contributed by atoms with van der Waals surface area (Å²) < 4.78 is 5.59. The molecule has 0 atom stereocenters. The van der Waals surface area contributed by atoms with Gasteiger partial charge in [-0.05, 0) is 51.4 Å². The molecule has 0 amide bonds. The van der Waals surface area contributed by atoms with Gasteiger partial charge < -0.3 is 24.8 Å². The lowest BCUT2D eigenvalue weighted by molar-refractivity contribution is -0.00264. The molecule has 8 heteroatoms. The number of thiophene rings is 1. The second kappa shape index (κ2) is 10.8. The topological polar surface area (TPSA) is 43.3 Å². The van der Waals surface area contributed by atoms with Crippen LogP contribution >= 0.6 is 35.3 Å². The summed E-state index contributed by atoms with van der Waals surface area (Å²) in [5, 5.41) is 7.04. The number of likely N-dealkylation sites (N-methyl/N-ethyl adjacent to an activating group) is 1. The second-order valence-electron chi connectivity index (χ2n) is 7.33. The summed E-state index contributed by atoms with van der Waals surface area (Å²) in [7, 11) is 4.35. The zero-order valence-corrected chi connectivity index (χ0v) is 20.0. The van der Waals surface area contributed by atoms with Crippen molar-refractivity contribution < 1.29 is 4.74 Å². The van der Waals surface area contributed by atoms with Crippen LogP contribution in [0.5, 0.6) is 0 Å². The van der Waals surface area contributed by atoms with E-state index in [-0.39, 0.29) is 29.5 Å². The minimum absolute atomic E-state index is 0. The Kier molecular flexibility index (Phi) is 9.10. The number of hydrogen-bond acceptors (Lipinski definition) is 5. The first kappa shape index (κ1) is 22.7. The van der Waals surface area contributed by atoms with E-state index < -0.39 is 0 Å². The Hall–Kier alpha value is -0.580. The van der Waals surface area contributed by atoms with Crippen LogP contribution in [-0.4, -0.2) is 87.9 Å². The van der Waals surface area contributed by atoms with E-state index in [9.17, 15) is 0 Å². The number of anilines is 1. The highest BCUT2D eigenvalue weighted by Crippen LogP contribution is 2.26. The van der Waals surface area contributed by atoms with Crippen molar-refractivity contribution in [3.63, 3.8) is 0 Å². The van der Waals surface area contributed by atoms with Gasteiger partial charge in [-0.15, -0.1) is 35.3 Å². The molecule has 2 aliphatic heterocycles. The number of aliphatic imine (C=N–C) groups is 1. The van der Waals surface area contributed by atoms with Gasteiger partial charge in [-0.25, -0.2) is 0 Å². The fraction of sp³-hybridized carbons (Fsp3) is 0.737. The van der Waals surface area contributed by atoms with Crippen LogP contribution in [0, 0.1) is 0 Å². The van der Waals surface area contributed by atoms with E-state index in [4.69, 9.17) is 9.73 Å². The lowest BCUT2D eigenvalue weighted by Crippen LogP contribution is -2.54. The summed E-state index contributed by atoms with van der Waals surface area (Å²) in [6.45, 7) is 9.69. The maximum Gasteiger partial charge on any atom is 0.194 e. The third kappa shape index (κ3) is 5.71. The van der Waals surface area contributed by atoms with Gasteiger partial charge in [0.05, 0.1) is 11.5 Å². The van der Waals surface area contributed by atoms with Gasteiger partial charge in [0.15, 0.2) is 5.96 Å². The van der Waals surface area contributed by atoms with E-state index in [2.05, 4.69) is 58.5 Å². The van der Waals surface area contributed by atoms with Crippen LogP contribution in [0.1, 0.15) is 19.8 Å². The number of piperazine rings is 1. The first-order valence-corrected chi connectivity index (χ1v) is 10.6. The summed E-state index contributed by atoms with van der Waals surface area (Å²) in [5.74, 6) is 1.06. The predicted octanol–water partition coefficient (Wildman–Crippen LogP) is 2.56. The number of hydrogen-bond donors (Lipinski definition) is 1. The molecular formula is C19H34IN5OS. The summed E-state index contributed by atoms with van der Waals surface area (Å²) in [6, 6.07) is 4.35. The van der Waals surface area contributed by atoms with Crippen LogP contribution in [-0.2, 0) is 4.74 Å². The number of rotatable bonds is 5. The number of guanidine groups is 1. The van der Waals surface area contributed by atoms with Gasteiger partial charge in [-0.2, -0.15) is 0 Å². The molecule has 1 aromatic heterocycles. The van der Waals surface area contributed by atoms with Gasteiger partial charge in [0.2, 0.25) is 0 Å². The molecule has 0 saturated carbocycles. The Balaban J connectivity index is 0.00000261. The highest BCUT2D eigenvalue weighted by Gasteiger charge is 2.35. The van der Waals surface area contributed by atoms with E-state index in [0.717, 1.165) is 71.3 Å². The molecule has 154 valence electrons. The first-order chi connectivity index (χ1) is 12.6. The monoisotopic (exact) mass is 507 g/mol. The lowest BCUT2D eigenvalue weighted by Gasteiger charge is -2.42. The number of ether oxygens (including phenoxy) is 1. The smallest absolute Gasteiger partial charge is 0.194 e. The Morgan fingerprint density at radius 2 is 1.96 bits per heavy atom. The SMILES string of the molecule is CCNC(=NCC1(N(C)C)CCOCC1)N1CCN(c2cccs2)CC1.I. The Morgan fingerprint density at radius 3 is 2.52 bits per heavy atom. The molecular weight excluding hydrogens is 473 g/mol. The van der Waals surface area contributed by atoms with Crippen molar-refractivity contribution in [2.45, 2.75) is 25.3 Å².